The van der Waals surface area contributed by atoms with Crippen LogP contribution in [0.25, 0.3) is 11.3 Å². The van der Waals surface area contributed by atoms with Crippen LogP contribution in [0.5, 0.6) is 23.0 Å². The average Bonchev–Trinajstić information content (AvgIpc) is 3.45. The fourth-order valence-electron chi connectivity index (χ4n) is 4.30. The van der Waals surface area contributed by atoms with Crippen LogP contribution in [0.2, 0.25) is 0 Å². The number of hydrogen-bond donors (Lipinski definition) is 3. The van der Waals surface area contributed by atoms with E-state index in [-0.39, 0.29) is 34.2 Å². The first-order chi connectivity index (χ1) is 17.3. The fraction of sp³-hybridized carbons (Fsp3) is 0.0741. The summed E-state index contributed by atoms with van der Waals surface area (Å²) in [7, 11) is 2.76. The Bertz CT molecular complexity index is 1510. The van der Waals surface area contributed by atoms with Crippen molar-refractivity contribution < 1.29 is 34.4 Å². The van der Waals surface area contributed by atoms with Crippen LogP contribution >= 0.6 is 0 Å². The average molecular weight is 484 g/mol. The summed E-state index contributed by atoms with van der Waals surface area (Å²) >= 11 is 0. The lowest BCUT2D eigenvalue weighted by Gasteiger charge is -2.23. The van der Waals surface area contributed by atoms with Gasteiger partial charge >= 0.3 is 5.97 Å². The minimum absolute atomic E-state index is 0.0568. The van der Waals surface area contributed by atoms with Gasteiger partial charge in [-0.25, -0.2) is 4.79 Å². The van der Waals surface area contributed by atoms with Crippen LogP contribution < -0.4 is 14.4 Å². The molecule has 0 radical (unpaired) electrons. The van der Waals surface area contributed by atoms with Gasteiger partial charge in [0.1, 0.15) is 5.75 Å². The molecule has 0 spiro atoms. The summed E-state index contributed by atoms with van der Waals surface area (Å²) in [5.41, 5.74) is 2.91. The van der Waals surface area contributed by atoms with Gasteiger partial charge in [0.25, 0.3) is 5.91 Å². The third kappa shape index (κ3) is 3.54. The van der Waals surface area contributed by atoms with Gasteiger partial charge in [-0.05, 0) is 42.5 Å². The van der Waals surface area contributed by atoms with Crippen molar-refractivity contribution in [3.8, 4) is 23.0 Å². The van der Waals surface area contributed by atoms with E-state index in [0.29, 0.717) is 28.1 Å². The number of aromatic carboxylic acids is 1. The molecule has 2 aliphatic heterocycles. The van der Waals surface area contributed by atoms with Crippen molar-refractivity contribution in [3.05, 3.63) is 82.9 Å². The van der Waals surface area contributed by atoms with Gasteiger partial charge in [-0.15, -0.1) is 0 Å². The molecule has 3 aromatic rings. The van der Waals surface area contributed by atoms with E-state index >= 15 is 0 Å². The topological polar surface area (TPSA) is 129 Å². The zero-order valence-corrected chi connectivity index (χ0v) is 19.2. The molecule has 1 amide bonds. The number of benzene rings is 3. The molecular formula is C27H20N2O7. The molecule has 2 aliphatic rings. The SMILES string of the molecule is COc1cc(C2=CC(=C3C=Nc4ccccc43)C(=O)N2c2ccc(O)cc2C(=O)O)cc(OC)c1O. The maximum atomic E-state index is 13.9. The molecule has 180 valence electrons. The number of anilines is 1. The van der Waals surface area contributed by atoms with Crippen LogP contribution in [0.1, 0.15) is 21.5 Å². The van der Waals surface area contributed by atoms with E-state index in [1.807, 2.05) is 24.3 Å². The highest BCUT2D eigenvalue weighted by atomic mass is 16.5. The molecule has 5 rings (SSSR count). The van der Waals surface area contributed by atoms with Crippen LogP contribution in [-0.2, 0) is 4.79 Å². The summed E-state index contributed by atoms with van der Waals surface area (Å²) in [5.74, 6) is -2.06. The largest absolute Gasteiger partial charge is 0.508 e. The summed E-state index contributed by atoms with van der Waals surface area (Å²) in [4.78, 5) is 31.6. The number of rotatable bonds is 5. The first-order valence-electron chi connectivity index (χ1n) is 10.8. The second kappa shape index (κ2) is 8.62. The zero-order valence-electron chi connectivity index (χ0n) is 19.2. The molecule has 9 nitrogen and oxygen atoms in total. The number of fused-ring (bicyclic) bond motifs is 1. The summed E-state index contributed by atoms with van der Waals surface area (Å²) < 4.78 is 10.6. The van der Waals surface area contributed by atoms with E-state index in [4.69, 9.17) is 9.47 Å². The number of carbonyl (C=O) groups is 2. The Morgan fingerprint density at radius 2 is 1.64 bits per heavy atom. The minimum atomic E-state index is -1.32. The normalized spacial score (nSPS) is 16.2. The summed E-state index contributed by atoms with van der Waals surface area (Å²) in [6.45, 7) is 0. The van der Waals surface area contributed by atoms with Gasteiger partial charge in [0, 0.05) is 22.9 Å². The van der Waals surface area contributed by atoms with Crippen molar-refractivity contribution in [3.63, 3.8) is 0 Å². The maximum absolute atomic E-state index is 13.9. The van der Waals surface area contributed by atoms with Crippen LogP contribution in [-0.4, -0.2) is 47.6 Å². The van der Waals surface area contributed by atoms with E-state index in [1.165, 1.54) is 43.4 Å². The molecule has 0 atom stereocenters. The number of amides is 1. The number of methoxy groups -OCH3 is 2. The van der Waals surface area contributed by atoms with Gasteiger partial charge in [-0.1, -0.05) is 18.2 Å². The lowest BCUT2D eigenvalue weighted by atomic mass is 10.0. The number of carboxylic acids is 1. The molecular weight excluding hydrogens is 464 g/mol. The summed E-state index contributed by atoms with van der Waals surface area (Å²) in [6, 6.07) is 14.2. The number of carboxylic acid groups (broad SMARTS) is 1. The molecule has 2 heterocycles. The van der Waals surface area contributed by atoms with E-state index in [2.05, 4.69) is 4.99 Å². The molecule has 9 heteroatoms. The molecule has 3 aromatic carbocycles. The van der Waals surface area contributed by atoms with Crippen LogP contribution in [0.3, 0.4) is 0 Å². The number of allylic oxidation sites excluding steroid dienone is 1. The van der Waals surface area contributed by atoms with Crippen molar-refractivity contribution in [2.45, 2.75) is 0 Å². The highest BCUT2D eigenvalue weighted by molar-refractivity contribution is 6.32. The quantitative estimate of drug-likeness (QED) is 0.459. The van der Waals surface area contributed by atoms with E-state index in [1.54, 1.807) is 12.3 Å². The van der Waals surface area contributed by atoms with Crippen LogP contribution in [0.4, 0.5) is 11.4 Å². The van der Waals surface area contributed by atoms with Crippen molar-refractivity contribution in [2.75, 3.05) is 19.1 Å². The van der Waals surface area contributed by atoms with Gasteiger partial charge in [0.15, 0.2) is 11.5 Å². The molecule has 0 aliphatic carbocycles. The monoisotopic (exact) mass is 484 g/mol. The molecule has 3 N–H and O–H groups in total. The van der Waals surface area contributed by atoms with Crippen LogP contribution in [0, 0.1) is 0 Å². The molecule has 0 unspecified atom stereocenters. The van der Waals surface area contributed by atoms with Gasteiger partial charge in [0.2, 0.25) is 5.75 Å². The molecule has 0 fully saturated rings. The lowest BCUT2D eigenvalue weighted by Crippen LogP contribution is -2.27. The molecule has 36 heavy (non-hydrogen) atoms. The van der Waals surface area contributed by atoms with Gasteiger partial charge in [-0.2, -0.15) is 0 Å². The standard InChI is InChI=1S/C27H20N2O7/c1-35-23-9-14(10-24(36-2)25(23)31)22-12-17(19-13-28-20-6-4-3-5-16(19)20)26(32)29(22)21-8-7-15(30)11-18(21)27(33)34/h3-13,30-31H,1-2H3,(H,33,34). The number of carbonyl (C=O) groups excluding carboxylic acids is 1. The highest BCUT2D eigenvalue weighted by Gasteiger charge is 2.36. The van der Waals surface area contributed by atoms with E-state index in [9.17, 15) is 24.9 Å². The first-order valence-corrected chi connectivity index (χ1v) is 10.8. The van der Waals surface area contributed by atoms with Crippen molar-refractivity contribution in [1.29, 1.82) is 0 Å². The highest BCUT2D eigenvalue weighted by Crippen LogP contribution is 2.45. The van der Waals surface area contributed by atoms with Gasteiger partial charge in [0.05, 0.1) is 42.4 Å². The Labute approximate surface area is 205 Å². The number of aromatic hydroxyl groups is 2. The number of hydrogen-bond acceptors (Lipinski definition) is 7. The van der Waals surface area contributed by atoms with Crippen LogP contribution in [0.15, 0.2) is 71.2 Å². The Morgan fingerprint density at radius 1 is 0.944 bits per heavy atom. The Hall–Kier alpha value is -5.05. The third-order valence-electron chi connectivity index (χ3n) is 6.00. The van der Waals surface area contributed by atoms with Gasteiger partial charge < -0.3 is 24.8 Å². The van der Waals surface area contributed by atoms with E-state index in [0.717, 1.165) is 11.6 Å². The fourth-order valence-corrected chi connectivity index (χ4v) is 4.30. The summed E-state index contributed by atoms with van der Waals surface area (Å²) in [6.07, 6.45) is 3.23. The maximum Gasteiger partial charge on any atom is 0.337 e. The minimum Gasteiger partial charge on any atom is -0.508 e. The second-order valence-corrected chi connectivity index (χ2v) is 8.01. The summed E-state index contributed by atoms with van der Waals surface area (Å²) in [5, 5.41) is 30.1. The van der Waals surface area contributed by atoms with E-state index < -0.39 is 11.9 Å². The molecule has 0 saturated carbocycles. The van der Waals surface area contributed by atoms with Gasteiger partial charge in [-0.3, -0.25) is 14.7 Å². The first kappa shape index (κ1) is 22.7. The number of nitrogens with zero attached hydrogens (tertiary/aromatic N) is 2. The van der Waals surface area contributed by atoms with Crippen molar-refractivity contribution >= 4 is 40.7 Å². The molecule has 0 aromatic heterocycles. The molecule has 0 bridgehead atoms. The Kier molecular flexibility index (Phi) is 5.44. The predicted octanol–water partition coefficient (Wildman–Crippen LogP) is 4.37. The predicted molar refractivity (Wildman–Crippen MR) is 133 cm³/mol. The number of aliphatic imine (C=N–C) groups is 1. The van der Waals surface area contributed by atoms with Crippen molar-refractivity contribution in [2.24, 2.45) is 4.99 Å². The van der Waals surface area contributed by atoms with Crippen molar-refractivity contribution in [1.82, 2.24) is 0 Å². The lowest BCUT2D eigenvalue weighted by molar-refractivity contribution is -0.113. The Balaban J connectivity index is 1.79. The smallest absolute Gasteiger partial charge is 0.337 e. The zero-order chi connectivity index (χ0) is 25.6. The Morgan fingerprint density at radius 3 is 2.31 bits per heavy atom. The number of phenols is 2. The number of para-hydroxylation sites is 1. The second-order valence-electron chi connectivity index (χ2n) is 8.01. The third-order valence-corrected chi connectivity index (χ3v) is 6.00. The number of phenolic OH excluding ortho intramolecular Hbond substituents is 2. The molecule has 0 saturated heterocycles. The number of ether oxygens (including phenoxy) is 2.